The van der Waals surface area contributed by atoms with Gasteiger partial charge in [-0.3, -0.25) is 9.59 Å². The molecule has 1 aromatic carbocycles. The van der Waals surface area contributed by atoms with Crippen molar-refractivity contribution in [1.29, 1.82) is 0 Å². The van der Waals surface area contributed by atoms with Gasteiger partial charge in [0.05, 0.1) is 24.4 Å². The second kappa shape index (κ2) is 9.43. The second-order valence-electron chi connectivity index (χ2n) is 7.36. The van der Waals surface area contributed by atoms with Gasteiger partial charge in [-0.2, -0.15) is 0 Å². The molecule has 0 spiro atoms. The Balaban J connectivity index is 1.75. The van der Waals surface area contributed by atoms with E-state index in [4.69, 9.17) is 15.2 Å². The highest BCUT2D eigenvalue weighted by Gasteiger charge is 2.41. The first-order chi connectivity index (χ1) is 15.8. The van der Waals surface area contributed by atoms with Crippen LogP contribution in [-0.4, -0.2) is 75.9 Å². The number of benzene rings is 1. The van der Waals surface area contributed by atoms with Crippen LogP contribution in [0.3, 0.4) is 0 Å². The average Bonchev–Trinajstić information content (AvgIpc) is 3.35. The average molecular weight is 484 g/mol. The zero-order valence-corrected chi connectivity index (χ0v) is 18.3. The number of methoxy groups -OCH3 is 1. The number of amides is 1. The number of primary amides is 1. The highest BCUT2D eigenvalue weighted by atomic mass is 32.2. The number of thioether (sulfide) groups is 1. The Morgan fingerprint density at radius 2 is 2.30 bits per heavy atom. The van der Waals surface area contributed by atoms with Crippen LogP contribution in [0.1, 0.15) is 0 Å². The van der Waals surface area contributed by atoms with Crippen molar-refractivity contribution in [2.45, 2.75) is 25.1 Å². The number of anilines is 1. The Hall–Kier alpha value is -3.06. The zero-order chi connectivity index (χ0) is 23.7. The molecule has 0 unspecified atom stereocenters. The molecular weight excluding hydrogens is 463 g/mol. The van der Waals surface area contributed by atoms with Crippen LogP contribution in [0.4, 0.5) is 24.7 Å². The van der Waals surface area contributed by atoms with Gasteiger partial charge in [0.25, 0.3) is 12.2 Å². The lowest BCUT2D eigenvalue weighted by Crippen LogP contribution is -2.39. The highest BCUT2D eigenvalue weighted by molar-refractivity contribution is 8.15. The number of nitrogens with zero attached hydrogens (tertiary/aromatic N) is 3. The molecule has 0 radical (unpaired) electrons. The van der Waals surface area contributed by atoms with Crippen molar-refractivity contribution >= 4 is 40.5 Å². The number of nitrogens with one attached hydrogen (secondary N) is 1. The maximum atomic E-state index is 15.3. The van der Waals surface area contributed by atoms with Gasteiger partial charge in [0.15, 0.2) is 23.9 Å². The fraction of sp³-hybridized carbons (Fsp3) is 0.400. The van der Waals surface area contributed by atoms with E-state index < -0.39 is 30.2 Å². The van der Waals surface area contributed by atoms with E-state index in [0.717, 1.165) is 11.8 Å². The molecule has 176 valence electrons. The number of carbonyl (C=O) groups excluding carboxylic acids is 2. The number of ether oxygens (including phenoxy) is 2. The van der Waals surface area contributed by atoms with Gasteiger partial charge in [-0.25, -0.2) is 17.7 Å². The number of carbonyl (C=O) groups is 2. The van der Waals surface area contributed by atoms with Gasteiger partial charge in [0, 0.05) is 12.9 Å². The van der Waals surface area contributed by atoms with Crippen molar-refractivity contribution in [2.24, 2.45) is 5.73 Å². The summed E-state index contributed by atoms with van der Waals surface area (Å²) in [7, 11) is 1.39. The fourth-order valence-electron chi connectivity index (χ4n) is 3.72. The Morgan fingerprint density at radius 1 is 1.52 bits per heavy atom. The fourth-order valence-corrected chi connectivity index (χ4v) is 4.79. The van der Waals surface area contributed by atoms with Gasteiger partial charge < -0.3 is 25.1 Å². The normalized spacial score (nSPS) is 18.4. The molecule has 4 rings (SSSR count). The summed E-state index contributed by atoms with van der Waals surface area (Å²) in [6.07, 6.45) is -0.602. The largest absolute Gasteiger partial charge is 0.488 e. The maximum Gasteiger partial charge on any atom is 0.343 e. The van der Waals surface area contributed by atoms with E-state index in [1.54, 1.807) is 16.8 Å². The molecule has 0 fully saturated rings. The first-order valence-corrected chi connectivity index (χ1v) is 10.9. The third kappa shape index (κ3) is 4.29. The summed E-state index contributed by atoms with van der Waals surface area (Å²) in [6, 6.07) is 0.801. The molecule has 2 aliphatic rings. The smallest absolute Gasteiger partial charge is 0.343 e. The van der Waals surface area contributed by atoms with Crippen LogP contribution in [0.15, 0.2) is 18.3 Å². The monoisotopic (exact) mass is 484 g/mol. The molecule has 0 saturated carbocycles. The molecule has 2 atom stereocenters. The van der Waals surface area contributed by atoms with Crippen molar-refractivity contribution in [2.75, 3.05) is 31.4 Å². The quantitative estimate of drug-likeness (QED) is 0.433. The minimum absolute atomic E-state index is 0.0138. The van der Waals surface area contributed by atoms with Crippen molar-refractivity contribution in [3.8, 4) is 17.1 Å². The van der Waals surface area contributed by atoms with E-state index in [1.165, 1.54) is 17.8 Å². The standard InChI is InChI=1S/C20H20F3N5O4S/c1-31-8-12(19(24)30)25-11-3-2-10-17(16(11)21)32-5-4-27-6-14(26-20(10)27)28-13(18(22)23)9-33-15(28)7-29/h2-3,6-7,12-13,18H,4-5,8-9H2,1H3,(H2-,24,25,26,30)/p+1/t12-,13-/m0/s1. The van der Waals surface area contributed by atoms with Crippen LogP contribution in [0, 0.1) is 5.82 Å². The Bertz CT molecular complexity index is 1120. The zero-order valence-electron chi connectivity index (χ0n) is 17.5. The van der Waals surface area contributed by atoms with E-state index in [0.29, 0.717) is 17.7 Å². The van der Waals surface area contributed by atoms with Gasteiger partial charge in [-0.05, 0) is 17.1 Å². The van der Waals surface area contributed by atoms with Crippen LogP contribution in [0.2, 0.25) is 0 Å². The molecular formula is C20H21F3N5O4S+. The SMILES string of the molecule is COC[C@H](Nc1ccc2c(c1F)OCCn1cc([N+]3=C(C=O)SC[C@H]3C(F)F)nc1-2)C(N)=O. The number of fused-ring (bicyclic) bond motifs is 3. The molecule has 33 heavy (non-hydrogen) atoms. The predicted molar refractivity (Wildman–Crippen MR) is 115 cm³/mol. The number of hydrogen-bond acceptors (Lipinski definition) is 7. The molecule has 3 N–H and O–H groups in total. The number of hydrogen-bond donors (Lipinski definition) is 2. The second-order valence-corrected chi connectivity index (χ2v) is 8.40. The van der Waals surface area contributed by atoms with Crippen LogP contribution in [0.5, 0.6) is 5.75 Å². The summed E-state index contributed by atoms with van der Waals surface area (Å²) in [5, 5.41) is 2.85. The predicted octanol–water partition coefficient (Wildman–Crippen LogP) is 1.62. The third-order valence-corrected chi connectivity index (χ3v) is 6.39. The molecule has 3 heterocycles. The van der Waals surface area contributed by atoms with Crippen LogP contribution < -0.4 is 15.8 Å². The minimum Gasteiger partial charge on any atom is -0.488 e. The number of aldehydes is 1. The molecule has 0 aliphatic carbocycles. The molecule has 1 aromatic heterocycles. The number of alkyl halides is 2. The van der Waals surface area contributed by atoms with Crippen molar-refractivity contribution in [1.82, 2.24) is 9.55 Å². The summed E-state index contributed by atoms with van der Waals surface area (Å²) in [5.41, 5.74) is 5.62. The van der Waals surface area contributed by atoms with E-state index in [-0.39, 0.29) is 47.8 Å². The van der Waals surface area contributed by atoms with E-state index in [1.807, 2.05) is 0 Å². The number of nitrogens with two attached hydrogens (primary N) is 1. The molecule has 13 heteroatoms. The van der Waals surface area contributed by atoms with Gasteiger partial charge >= 0.3 is 5.82 Å². The van der Waals surface area contributed by atoms with Crippen molar-refractivity contribution in [3.63, 3.8) is 0 Å². The summed E-state index contributed by atoms with van der Waals surface area (Å²) in [6.45, 7) is 0.309. The summed E-state index contributed by atoms with van der Waals surface area (Å²) < 4.78 is 55.8. The molecule has 2 aliphatic heterocycles. The highest BCUT2D eigenvalue weighted by Crippen LogP contribution is 2.39. The van der Waals surface area contributed by atoms with Gasteiger partial charge in [-0.15, -0.1) is 0 Å². The maximum absolute atomic E-state index is 15.3. The summed E-state index contributed by atoms with van der Waals surface area (Å²) >= 11 is 1.04. The number of aromatic nitrogens is 2. The summed E-state index contributed by atoms with van der Waals surface area (Å²) in [4.78, 5) is 27.5. The molecule has 0 saturated heterocycles. The first kappa shape index (κ1) is 23.1. The molecule has 1 amide bonds. The lowest BCUT2D eigenvalue weighted by Gasteiger charge is -2.18. The third-order valence-electron chi connectivity index (χ3n) is 5.30. The topological polar surface area (TPSA) is 111 Å². The lowest BCUT2D eigenvalue weighted by molar-refractivity contribution is -0.492. The molecule has 2 aromatic rings. The van der Waals surface area contributed by atoms with E-state index in [2.05, 4.69) is 10.3 Å². The van der Waals surface area contributed by atoms with Gasteiger partial charge in [0.2, 0.25) is 11.0 Å². The number of rotatable bonds is 8. The number of imidazole rings is 1. The lowest BCUT2D eigenvalue weighted by atomic mass is 10.1. The Morgan fingerprint density at radius 3 is 2.97 bits per heavy atom. The van der Waals surface area contributed by atoms with Crippen LogP contribution in [-0.2, 0) is 20.9 Å². The number of halogens is 3. The minimum atomic E-state index is -2.68. The molecule has 9 nitrogen and oxygen atoms in total. The van der Waals surface area contributed by atoms with Crippen LogP contribution >= 0.6 is 11.8 Å². The Labute approximate surface area is 190 Å². The van der Waals surface area contributed by atoms with E-state index in [9.17, 15) is 18.4 Å². The van der Waals surface area contributed by atoms with Crippen molar-refractivity contribution < 1.29 is 36.8 Å². The van der Waals surface area contributed by atoms with Crippen molar-refractivity contribution in [3.05, 3.63) is 24.1 Å². The van der Waals surface area contributed by atoms with Gasteiger partial charge in [0.1, 0.15) is 18.8 Å². The van der Waals surface area contributed by atoms with Gasteiger partial charge in [-0.1, -0.05) is 11.8 Å². The summed E-state index contributed by atoms with van der Waals surface area (Å²) in [5.74, 6) is -1.04. The first-order valence-electron chi connectivity index (χ1n) is 9.95. The molecule has 0 bridgehead atoms. The Kier molecular flexibility index (Phi) is 6.61. The van der Waals surface area contributed by atoms with E-state index >= 15 is 4.39 Å². The van der Waals surface area contributed by atoms with Crippen LogP contribution in [0.25, 0.3) is 11.4 Å².